The summed E-state index contributed by atoms with van der Waals surface area (Å²) in [6.45, 7) is 4.02. The number of aromatic carboxylic acids is 1. The lowest BCUT2D eigenvalue weighted by molar-refractivity contribution is 0.0697. The van der Waals surface area contributed by atoms with E-state index >= 15 is 0 Å². The first-order valence-electron chi connectivity index (χ1n) is 5.27. The summed E-state index contributed by atoms with van der Waals surface area (Å²) in [5.74, 6) is -1.01. The Bertz CT molecular complexity index is 528. The fourth-order valence-corrected chi connectivity index (χ4v) is 2.08. The Morgan fingerprint density at radius 2 is 2.17 bits per heavy atom. The first kappa shape index (κ1) is 14.4. The molecule has 0 aliphatic heterocycles. The van der Waals surface area contributed by atoms with E-state index in [9.17, 15) is 13.2 Å². The van der Waals surface area contributed by atoms with E-state index in [1.54, 1.807) is 0 Å². The zero-order chi connectivity index (χ0) is 13.8. The van der Waals surface area contributed by atoms with E-state index in [2.05, 4.69) is 14.4 Å². The number of carboxylic acid groups (broad SMARTS) is 1. The molecular weight excluding hydrogens is 258 g/mol. The third-order valence-electron chi connectivity index (χ3n) is 1.93. The van der Waals surface area contributed by atoms with Gasteiger partial charge >= 0.3 is 5.97 Å². The van der Waals surface area contributed by atoms with Gasteiger partial charge in [-0.15, -0.1) is 0 Å². The summed E-state index contributed by atoms with van der Waals surface area (Å²) in [6.07, 6.45) is 1.23. The average Bonchev–Trinajstić information content (AvgIpc) is 2.26. The molecular formula is C10H15N3O4S. The van der Waals surface area contributed by atoms with E-state index in [1.165, 1.54) is 12.3 Å². The molecule has 0 aliphatic rings. The largest absolute Gasteiger partial charge is 0.478 e. The summed E-state index contributed by atoms with van der Waals surface area (Å²) in [5.41, 5.74) is -0.0356. The van der Waals surface area contributed by atoms with Gasteiger partial charge in [0.1, 0.15) is 5.82 Å². The fraction of sp³-hybridized carbons (Fsp3) is 0.400. The minimum absolute atomic E-state index is 0.0356. The number of nitrogens with zero attached hydrogens (tertiary/aromatic N) is 1. The number of aromatic nitrogens is 1. The highest BCUT2D eigenvalue weighted by molar-refractivity contribution is 7.90. The van der Waals surface area contributed by atoms with Gasteiger partial charge in [0, 0.05) is 12.7 Å². The number of hydrogen-bond donors (Lipinski definition) is 3. The molecule has 0 amide bonds. The topological polar surface area (TPSA) is 108 Å². The van der Waals surface area contributed by atoms with Crippen LogP contribution in [0, 0.1) is 5.92 Å². The van der Waals surface area contributed by atoms with Gasteiger partial charge in [-0.1, -0.05) is 13.8 Å². The van der Waals surface area contributed by atoms with Crippen molar-refractivity contribution in [2.45, 2.75) is 13.8 Å². The van der Waals surface area contributed by atoms with Crippen molar-refractivity contribution in [1.29, 1.82) is 0 Å². The second kappa shape index (κ2) is 5.78. The zero-order valence-corrected chi connectivity index (χ0v) is 10.9. The van der Waals surface area contributed by atoms with Crippen molar-refractivity contribution in [1.82, 2.24) is 9.71 Å². The van der Waals surface area contributed by atoms with E-state index in [1.807, 2.05) is 13.8 Å². The standard InChI is InChI=1S/C10H15N3O4S/c1-7(2)6-12-18(16,17)13-9-5-8(10(14)15)3-4-11-9/h3-5,7,12H,6H2,1-2H3,(H,11,13)(H,14,15). The summed E-state index contributed by atoms with van der Waals surface area (Å²) in [6, 6.07) is 2.43. The predicted molar refractivity (Wildman–Crippen MR) is 66.6 cm³/mol. The van der Waals surface area contributed by atoms with E-state index in [4.69, 9.17) is 5.11 Å². The number of carbonyl (C=O) groups is 1. The third kappa shape index (κ3) is 4.68. The summed E-state index contributed by atoms with van der Waals surface area (Å²) in [7, 11) is -3.73. The molecule has 1 heterocycles. The molecule has 0 atom stereocenters. The molecule has 0 radical (unpaired) electrons. The second-order valence-electron chi connectivity index (χ2n) is 4.08. The molecule has 0 fully saturated rings. The smallest absolute Gasteiger partial charge is 0.335 e. The minimum Gasteiger partial charge on any atom is -0.478 e. The van der Waals surface area contributed by atoms with Crippen LogP contribution in [-0.2, 0) is 10.2 Å². The molecule has 0 bridgehead atoms. The van der Waals surface area contributed by atoms with Crippen LogP contribution < -0.4 is 9.44 Å². The Hall–Kier alpha value is -1.67. The Balaban J connectivity index is 2.78. The molecule has 0 aliphatic carbocycles. The molecule has 0 spiro atoms. The van der Waals surface area contributed by atoms with Crippen LogP contribution in [0.2, 0.25) is 0 Å². The highest BCUT2D eigenvalue weighted by atomic mass is 32.2. The summed E-state index contributed by atoms with van der Waals surface area (Å²) in [4.78, 5) is 14.5. The van der Waals surface area contributed by atoms with Crippen molar-refractivity contribution in [2.24, 2.45) is 5.92 Å². The molecule has 0 aromatic carbocycles. The van der Waals surface area contributed by atoms with Gasteiger partial charge in [0.05, 0.1) is 5.56 Å². The van der Waals surface area contributed by atoms with Crippen molar-refractivity contribution in [3.05, 3.63) is 23.9 Å². The Labute approximate surface area is 105 Å². The quantitative estimate of drug-likeness (QED) is 0.706. The molecule has 100 valence electrons. The minimum atomic E-state index is -3.73. The van der Waals surface area contributed by atoms with Gasteiger partial charge < -0.3 is 5.11 Å². The molecule has 1 aromatic heterocycles. The second-order valence-corrected chi connectivity index (χ2v) is 5.58. The van der Waals surface area contributed by atoms with Crippen LogP contribution in [0.5, 0.6) is 0 Å². The van der Waals surface area contributed by atoms with E-state index < -0.39 is 16.2 Å². The predicted octanol–water partition coefficient (Wildman–Crippen LogP) is 0.682. The first-order chi connectivity index (χ1) is 8.30. The van der Waals surface area contributed by atoms with E-state index in [0.717, 1.165) is 6.07 Å². The maximum atomic E-state index is 11.6. The number of carboxylic acids is 1. The molecule has 1 rings (SSSR count). The lowest BCUT2D eigenvalue weighted by Gasteiger charge is -2.10. The highest BCUT2D eigenvalue weighted by Crippen LogP contribution is 2.08. The lowest BCUT2D eigenvalue weighted by atomic mass is 10.2. The number of anilines is 1. The lowest BCUT2D eigenvalue weighted by Crippen LogP contribution is -2.33. The van der Waals surface area contributed by atoms with Crippen molar-refractivity contribution in [2.75, 3.05) is 11.3 Å². The van der Waals surface area contributed by atoms with E-state index in [0.29, 0.717) is 0 Å². The van der Waals surface area contributed by atoms with Gasteiger partial charge in [-0.05, 0) is 18.1 Å². The van der Waals surface area contributed by atoms with Crippen LogP contribution in [0.1, 0.15) is 24.2 Å². The molecule has 1 aromatic rings. The van der Waals surface area contributed by atoms with Crippen LogP contribution in [0.3, 0.4) is 0 Å². The molecule has 8 heteroatoms. The average molecular weight is 273 g/mol. The summed E-state index contributed by atoms with van der Waals surface area (Å²) >= 11 is 0. The summed E-state index contributed by atoms with van der Waals surface area (Å²) < 4.78 is 27.6. The van der Waals surface area contributed by atoms with Gasteiger partial charge in [0.25, 0.3) is 10.2 Å². The maximum absolute atomic E-state index is 11.6. The highest BCUT2D eigenvalue weighted by Gasteiger charge is 2.12. The number of pyridine rings is 1. The number of nitrogens with one attached hydrogen (secondary N) is 2. The van der Waals surface area contributed by atoms with Crippen LogP contribution in [0.4, 0.5) is 5.82 Å². The van der Waals surface area contributed by atoms with Crippen molar-refractivity contribution in [3.8, 4) is 0 Å². The molecule has 0 saturated heterocycles. The van der Waals surface area contributed by atoms with Crippen molar-refractivity contribution < 1.29 is 18.3 Å². The Morgan fingerprint density at radius 1 is 1.50 bits per heavy atom. The van der Waals surface area contributed by atoms with Gasteiger partial charge in [-0.2, -0.15) is 13.1 Å². The van der Waals surface area contributed by atoms with E-state index in [-0.39, 0.29) is 23.8 Å². The van der Waals surface area contributed by atoms with Gasteiger partial charge in [0.15, 0.2) is 0 Å². The number of rotatable bonds is 6. The molecule has 7 nitrogen and oxygen atoms in total. The molecule has 0 unspecified atom stereocenters. The zero-order valence-electron chi connectivity index (χ0n) is 10.0. The molecule has 0 saturated carbocycles. The first-order valence-corrected chi connectivity index (χ1v) is 6.75. The fourth-order valence-electron chi connectivity index (χ4n) is 1.07. The van der Waals surface area contributed by atoms with Crippen LogP contribution in [0.25, 0.3) is 0 Å². The van der Waals surface area contributed by atoms with Crippen molar-refractivity contribution >= 4 is 22.0 Å². The molecule has 3 N–H and O–H groups in total. The Morgan fingerprint density at radius 3 is 2.72 bits per heavy atom. The molecule has 18 heavy (non-hydrogen) atoms. The Kier molecular flexibility index (Phi) is 4.62. The van der Waals surface area contributed by atoms with Crippen LogP contribution in [0.15, 0.2) is 18.3 Å². The third-order valence-corrected chi connectivity index (χ3v) is 2.95. The normalized spacial score (nSPS) is 11.5. The van der Waals surface area contributed by atoms with Crippen molar-refractivity contribution in [3.63, 3.8) is 0 Å². The SMILES string of the molecule is CC(C)CNS(=O)(=O)Nc1cc(C(=O)O)ccn1. The van der Waals surface area contributed by atoms with Crippen LogP contribution in [-0.4, -0.2) is 31.0 Å². The van der Waals surface area contributed by atoms with Gasteiger partial charge in [-0.3, -0.25) is 4.72 Å². The van der Waals surface area contributed by atoms with Crippen LogP contribution >= 0.6 is 0 Å². The maximum Gasteiger partial charge on any atom is 0.335 e. The number of hydrogen-bond acceptors (Lipinski definition) is 4. The van der Waals surface area contributed by atoms with Gasteiger partial charge in [-0.25, -0.2) is 9.78 Å². The van der Waals surface area contributed by atoms with Gasteiger partial charge in [0.2, 0.25) is 0 Å². The summed E-state index contributed by atoms with van der Waals surface area (Å²) in [5, 5.41) is 8.76. The monoisotopic (exact) mass is 273 g/mol.